The lowest BCUT2D eigenvalue weighted by Gasteiger charge is -2.19. The van der Waals surface area contributed by atoms with Crippen molar-refractivity contribution < 1.29 is 9.50 Å². The number of hydrogen-bond acceptors (Lipinski definition) is 2. The second kappa shape index (κ2) is 8.68. The van der Waals surface area contributed by atoms with Gasteiger partial charge in [-0.3, -0.25) is 4.90 Å². The Morgan fingerprint density at radius 1 is 1.26 bits per heavy atom. The van der Waals surface area contributed by atoms with Crippen molar-refractivity contribution in [2.45, 2.75) is 33.2 Å². The fourth-order valence-corrected chi connectivity index (χ4v) is 1.96. The second-order valence-corrected chi connectivity index (χ2v) is 4.49. The maximum absolute atomic E-state index is 13.5. The molecule has 0 aliphatic rings. The number of aliphatic hydroxyl groups is 1. The van der Waals surface area contributed by atoms with Gasteiger partial charge in [-0.15, -0.1) is 0 Å². The molecule has 1 aromatic carbocycles. The lowest BCUT2D eigenvalue weighted by Crippen LogP contribution is -2.23. The number of rotatable bonds is 6. The van der Waals surface area contributed by atoms with E-state index in [0.717, 1.165) is 31.6 Å². The SMILES string of the molecule is CCCN(CC)Cc1cc(F)cc(C#CCCO)c1. The number of benzene rings is 1. The first-order valence-corrected chi connectivity index (χ1v) is 6.81. The van der Waals surface area contributed by atoms with E-state index < -0.39 is 0 Å². The number of hydrogen-bond donors (Lipinski definition) is 1. The summed E-state index contributed by atoms with van der Waals surface area (Å²) in [7, 11) is 0. The average molecular weight is 263 g/mol. The Bertz CT molecular complexity index is 448. The summed E-state index contributed by atoms with van der Waals surface area (Å²) in [6.45, 7) is 7.00. The first kappa shape index (κ1) is 15.7. The zero-order chi connectivity index (χ0) is 14.1. The topological polar surface area (TPSA) is 23.5 Å². The molecule has 0 aliphatic heterocycles. The third kappa shape index (κ3) is 5.87. The molecule has 0 aromatic heterocycles. The van der Waals surface area contributed by atoms with Gasteiger partial charge in [0.15, 0.2) is 0 Å². The van der Waals surface area contributed by atoms with E-state index in [-0.39, 0.29) is 12.4 Å². The minimum atomic E-state index is -0.252. The summed E-state index contributed by atoms with van der Waals surface area (Å²) in [5.41, 5.74) is 1.62. The minimum Gasteiger partial charge on any atom is -0.395 e. The predicted molar refractivity (Wildman–Crippen MR) is 76.2 cm³/mol. The highest BCUT2D eigenvalue weighted by atomic mass is 19.1. The van der Waals surface area contributed by atoms with E-state index in [4.69, 9.17) is 5.11 Å². The van der Waals surface area contributed by atoms with Crippen molar-refractivity contribution in [1.29, 1.82) is 0 Å². The van der Waals surface area contributed by atoms with Crippen LogP contribution in [0.25, 0.3) is 0 Å². The van der Waals surface area contributed by atoms with Crippen LogP contribution in [0.5, 0.6) is 0 Å². The van der Waals surface area contributed by atoms with Gasteiger partial charge in [-0.05, 0) is 43.3 Å². The molecule has 0 saturated carbocycles. The predicted octanol–water partition coefficient (Wildman–Crippen LogP) is 2.79. The Kier molecular flexibility index (Phi) is 7.17. The van der Waals surface area contributed by atoms with Gasteiger partial charge in [0.25, 0.3) is 0 Å². The van der Waals surface area contributed by atoms with Crippen molar-refractivity contribution in [2.75, 3.05) is 19.7 Å². The van der Waals surface area contributed by atoms with E-state index in [1.165, 1.54) is 6.07 Å². The van der Waals surface area contributed by atoms with Crippen molar-refractivity contribution in [3.63, 3.8) is 0 Å². The van der Waals surface area contributed by atoms with Crippen LogP contribution in [0.3, 0.4) is 0 Å². The van der Waals surface area contributed by atoms with Crippen LogP contribution in [0.1, 0.15) is 37.8 Å². The molecule has 0 saturated heterocycles. The highest BCUT2D eigenvalue weighted by molar-refractivity contribution is 5.37. The normalized spacial score (nSPS) is 10.4. The molecule has 0 atom stereocenters. The number of halogens is 1. The van der Waals surface area contributed by atoms with E-state index in [0.29, 0.717) is 12.0 Å². The molecule has 0 aliphatic carbocycles. The van der Waals surface area contributed by atoms with Crippen molar-refractivity contribution in [2.24, 2.45) is 0 Å². The maximum atomic E-state index is 13.5. The molecular formula is C16H22FNO. The standard InChI is InChI=1S/C16H22FNO/c1-3-8-18(4-2)13-15-10-14(7-5-6-9-19)11-16(17)12-15/h10-12,19H,3-4,6,8-9,13H2,1-2H3. The molecule has 0 fully saturated rings. The van der Waals surface area contributed by atoms with Crippen molar-refractivity contribution in [3.8, 4) is 11.8 Å². The van der Waals surface area contributed by atoms with Gasteiger partial charge < -0.3 is 5.11 Å². The van der Waals surface area contributed by atoms with Gasteiger partial charge in [-0.25, -0.2) is 4.39 Å². The largest absolute Gasteiger partial charge is 0.395 e. The van der Waals surface area contributed by atoms with Crippen molar-refractivity contribution >= 4 is 0 Å². The van der Waals surface area contributed by atoms with Crippen molar-refractivity contribution in [1.82, 2.24) is 4.90 Å². The second-order valence-electron chi connectivity index (χ2n) is 4.49. The van der Waals surface area contributed by atoms with Crippen LogP contribution in [-0.2, 0) is 6.54 Å². The van der Waals surface area contributed by atoms with Gasteiger partial charge in [0.1, 0.15) is 5.82 Å². The van der Waals surface area contributed by atoms with Gasteiger partial charge >= 0.3 is 0 Å². The zero-order valence-electron chi connectivity index (χ0n) is 11.7. The number of aliphatic hydroxyl groups excluding tert-OH is 1. The molecule has 0 bridgehead atoms. The minimum absolute atomic E-state index is 0.0370. The molecule has 1 N–H and O–H groups in total. The summed E-state index contributed by atoms with van der Waals surface area (Å²) in [5.74, 6) is 5.45. The van der Waals surface area contributed by atoms with E-state index in [1.807, 2.05) is 6.07 Å². The molecule has 104 valence electrons. The van der Waals surface area contributed by atoms with Crippen LogP contribution in [0.15, 0.2) is 18.2 Å². The first-order chi connectivity index (χ1) is 9.19. The van der Waals surface area contributed by atoms with Gasteiger partial charge in [-0.2, -0.15) is 0 Å². The van der Waals surface area contributed by atoms with Crippen LogP contribution < -0.4 is 0 Å². The third-order valence-corrected chi connectivity index (χ3v) is 2.82. The first-order valence-electron chi connectivity index (χ1n) is 6.81. The Morgan fingerprint density at radius 2 is 2.05 bits per heavy atom. The maximum Gasteiger partial charge on any atom is 0.124 e. The Morgan fingerprint density at radius 3 is 2.68 bits per heavy atom. The fourth-order valence-electron chi connectivity index (χ4n) is 1.96. The summed E-state index contributed by atoms with van der Waals surface area (Å²) >= 11 is 0. The molecule has 19 heavy (non-hydrogen) atoms. The molecule has 0 heterocycles. The fraction of sp³-hybridized carbons (Fsp3) is 0.500. The van der Waals surface area contributed by atoms with E-state index in [2.05, 4.69) is 30.6 Å². The Labute approximate surface area is 115 Å². The molecular weight excluding hydrogens is 241 g/mol. The zero-order valence-corrected chi connectivity index (χ0v) is 11.7. The highest BCUT2D eigenvalue weighted by Crippen LogP contribution is 2.11. The summed E-state index contributed by atoms with van der Waals surface area (Å²) < 4.78 is 13.5. The van der Waals surface area contributed by atoms with E-state index in [9.17, 15) is 4.39 Å². The van der Waals surface area contributed by atoms with E-state index in [1.54, 1.807) is 6.07 Å². The van der Waals surface area contributed by atoms with Gasteiger partial charge in [0.05, 0.1) is 6.61 Å². The molecule has 0 unspecified atom stereocenters. The molecule has 1 aromatic rings. The van der Waals surface area contributed by atoms with Gasteiger partial charge in [0.2, 0.25) is 0 Å². The van der Waals surface area contributed by atoms with Gasteiger partial charge in [-0.1, -0.05) is 25.7 Å². The smallest absolute Gasteiger partial charge is 0.124 e. The van der Waals surface area contributed by atoms with Gasteiger partial charge in [0, 0.05) is 18.5 Å². The molecule has 0 radical (unpaired) electrons. The average Bonchev–Trinajstić information content (AvgIpc) is 2.38. The molecule has 3 heteroatoms. The molecule has 2 nitrogen and oxygen atoms in total. The summed E-state index contributed by atoms with van der Waals surface area (Å²) in [4.78, 5) is 2.28. The van der Waals surface area contributed by atoms with Crippen LogP contribution in [0.2, 0.25) is 0 Å². The summed E-state index contributed by atoms with van der Waals surface area (Å²) in [5, 5.41) is 8.68. The Hall–Kier alpha value is -1.37. The van der Waals surface area contributed by atoms with Crippen LogP contribution >= 0.6 is 0 Å². The lowest BCUT2D eigenvalue weighted by atomic mass is 10.1. The molecule has 1 rings (SSSR count). The van der Waals surface area contributed by atoms with Crippen molar-refractivity contribution in [3.05, 3.63) is 35.1 Å². The summed E-state index contributed by atoms with van der Waals surface area (Å²) in [6, 6.07) is 4.92. The van der Waals surface area contributed by atoms with Crippen LogP contribution in [0.4, 0.5) is 4.39 Å². The van der Waals surface area contributed by atoms with E-state index >= 15 is 0 Å². The summed E-state index contributed by atoms with van der Waals surface area (Å²) in [6.07, 6.45) is 1.51. The van der Waals surface area contributed by atoms with Crippen LogP contribution in [-0.4, -0.2) is 29.7 Å². The highest BCUT2D eigenvalue weighted by Gasteiger charge is 2.05. The molecule has 0 spiro atoms. The quantitative estimate of drug-likeness (QED) is 0.798. The Balaban J connectivity index is 2.81. The lowest BCUT2D eigenvalue weighted by molar-refractivity contribution is 0.280. The molecule has 0 amide bonds. The van der Waals surface area contributed by atoms with Crippen LogP contribution in [0, 0.1) is 17.7 Å². The monoisotopic (exact) mass is 263 g/mol. The third-order valence-electron chi connectivity index (χ3n) is 2.82. The number of nitrogens with zero attached hydrogens (tertiary/aromatic N) is 1.